The van der Waals surface area contributed by atoms with Gasteiger partial charge in [-0.05, 0) is 42.1 Å². The number of aromatic nitrogens is 4. The summed E-state index contributed by atoms with van der Waals surface area (Å²) in [4.78, 5) is 24.6. The highest BCUT2D eigenvalue weighted by Gasteiger charge is 2.19. The first-order valence-electron chi connectivity index (χ1n) is 8.42. The zero-order chi connectivity index (χ0) is 18.8. The average molecular weight is 380 g/mol. The number of carbonyl (C=O) groups is 1. The fraction of sp³-hybridized carbons (Fsp3) is 0.158. The quantitative estimate of drug-likeness (QED) is 0.498. The van der Waals surface area contributed by atoms with Crippen molar-refractivity contribution >= 4 is 27.5 Å². The lowest BCUT2D eigenvalue weighted by atomic mass is 10.2. The van der Waals surface area contributed by atoms with E-state index in [0.29, 0.717) is 16.8 Å². The van der Waals surface area contributed by atoms with E-state index in [1.54, 1.807) is 22.5 Å². The molecule has 0 fully saturated rings. The van der Waals surface area contributed by atoms with Gasteiger partial charge in [-0.15, -0.1) is 11.3 Å². The van der Waals surface area contributed by atoms with E-state index < -0.39 is 5.97 Å². The molecule has 0 N–H and O–H groups in total. The number of ether oxygens (including phenoxy) is 1. The van der Waals surface area contributed by atoms with Crippen LogP contribution in [0.4, 0.5) is 0 Å². The van der Waals surface area contributed by atoms with Crippen LogP contribution in [-0.4, -0.2) is 32.1 Å². The van der Waals surface area contributed by atoms with Crippen molar-refractivity contribution in [3.8, 4) is 5.69 Å². The van der Waals surface area contributed by atoms with E-state index in [4.69, 9.17) is 4.74 Å². The van der Waals surface area contributed by atoms with Crippen LogP contribution in [0.25, 0.3) is 15.9 Å². The van der Waals surface area contributed by atoms with Crippen molar-refractivity contribution in [2.24, 2.45) is 0 Å². The van der Waals surface area contributed by atoms with Crippen molar-refractivity contribution in [3.63, 3.8) is 0 Å². The fourth-order valence-electron chi connectivity index (χ4n) is 2.81. The summed E-state index contributed by atoms with van der Waals surface area (Å²) in [6.07, 6.45) is 3.60. The zero-order valence-corrected chi connectivity index (χ0v) is 15.3. The van der Waals surface area contributed by atoms with Gasteiger partial charge in [0.25, 0.3) is 0 Å². The molecule has 0 saturated heterocycles. The third-order valence-electron chi connectivity index (χ3n) is 4.07. The Balaban J connectivity index is 1.71. The second kappa shape index (κ2) is 7.16. The van der Waals surface area contributed by atoms with Crippen molar-refractivity contribution in [1.82, 2.24) is 19.6 Å². The van der Waals surface area contributed by atoms with Crippen LogP contribution in [-0.2, 0) is 11.3 Å². The Morgan fingerprint density at radius 1 is 1.22 bits per heavy atom. The Bertz CT molecular complexity index is 1140. The number of carbonyl (C=O) groups excluding carboxylic acids is 1. The van der Waals surface area contributed by atoms with Gasteiger partial charge in [-0.2, -0.15) is 10.2 Å². The van der Waals surface area contributed by atoms with Crippen LogP contribution in [0.1, 0.15) is 23.0 Å². The molecule has 4 rings (SSSR count). The van der Waals surface area contributed by atoms with Gasteiger partial charge in [0, 0.05) is 12.4 Å². The van der Waals surface area contributed by atoms with Gasteiger partial charge in [-0.3, -0.25) is 9.48 Å². The molecule has 4 aromatic rings. The molecule has 0 radical (unpaired) electrons. The van der Waals surface area contributed by atoms with Crippen LogP contribution in [0, 0.1) is 0 Å². The van der Waals surface area contributed by atoms with Gasteiger partial charge < -0.3 is 4.74 Å². The molecule has 3 aromatic heterocycles. The van der Waals surface area contributed by atoms with Crippen molar-refractivity contribution < 1.29 is 9.53 Å². The summed E-state index contributed by atoms with van der Waals surface area (Å²) < 4.78 is 8.92. The Morgan fingerprint density at radius 3 is 2.74 bits per heavy atom. The van der Waals surface area contributed by atoms with Crippen LogP contribution in [0.15, 0.2) is 59.0 Å². The molecule has 0 aliphatic carbocycles. The summed E-state index contributed by atoms with van der Waals surface area (Å²) in [5.74, 6) is -0.694. The van der Waals surface area contributed by atoms with Crippen molar-refractivity contribution in [2.75, 3.05) is 6.61 Å². The van der Waals surface area contributed by atoms with E-state index in [2.05, 4.69) is 10.2 Å². The van der Waals surface area contributed by atoms with E-state index in [1.807, 2.05) is 48.0 Å². The molecule has 3 heterocycles. The minimum absolute atomic E-state index is 0.181. The standard InChI is InChI=1S/C19H16N4O3S/c1-2-26-19(25)16-17(24)18-15(8-11-27-18)23(21-16)12-13-4-6-14(7-5-13)22-10-3-9-20-22/h3-11H,2,12H2,1H3. The molecular formula is C19H16N4O3S. The molecule has 0 bridgehead atoms. The molecule has 0 amide bonds. The maximum Gasteiger partial charge on any atom is 0.362 e. The van der Waals surface area contributed by atoms with Gasteiger partial charge in [-0.25, -0.2) is 9.48 Å². The zero-order valence-electron chi connectivity index (χ0n) is 14.5. The number of thiophene rings is 1. The third kappa shape index (κ3) is 3.26. The van der Waals surface area contributed by atoms with E-state index >= 15 is 0 Å². The summed E-state index contributed by atoms with van der Waals surface area (Å²) >= 11 is 1.30. The topological polar surface area (TPSA) is 79.0 Å². The summed E-state index contributed by atoms with van der Waals surface area (Å²) in [5, 5.41) is 10.3. The number of hydrogen-bond donors (Lipinski definition) is 0. The number of nitrogens with zero attached hydrogens (tertiary/aromatic N) is 4. The van der Waals surface area contributed by atoms with E-state index in [0.717, 1.165) is 11.3 Å². The second-order valence-corrected chi connectivity index (χ2v) is 6.72. The van der Waals surface area contributed by atoms with Gasteiger partial charge in [0.1, 0.15) is 4.70 Å². The molecule has 0 aliphatic rings. The molecule has 0 aliphatic heterocycles. The molecule has 8 heteroatoms. The molecule has 0 saturated carbocycles. The summed E-state index contributed by atoms with van der Waals surface area (Å²) in [7, 11) is 0. The van der Waals surface area contributed by atoms with Crippen molar-refractivity contribution in [3.05, 3.63) is 75.7 Å². The van der Waals surface area contributed by atoms with Crippen molar-refractivity contribution in [1.29, 1.82) is 0 Å². The van der Waals surface area contributed by atoms with Gasteiger partial charge >= 0.3 is 5.97 Å². The number of esters is 1. The largest absolute Gasteiger partial charge is 0.461 e. The summed E-state index contributed by atoms with van der Waals surface area (Å²) in [6, 6.07) is 11.6. The van der Waals surface area contributed by atoms with Gasteiger partial charge in [-0.1, -0.05) is 12.1 Å². The van der Waals surface area contributed by atoms with E-state index in [-0.39, 0.29) is 17.7 Å². The van der Waals surface area contributed by atoms with Gasteiger partial charge in [0.2, 0.25) is 11.1 Å². The first-order valence-corrected chi connectivity index (χ1v) is 9.29. The van der Waals surface area contributed by atoms with Crippen LogP contribution >= 0.6 is 11.3 Å². The number of fused-ring (bicyclic) bond motifs is 1. The maximum atomic E-state index is 12.5. The number of hydrogen-bond acceptors (Lipinski definition) is 6. The highest BCUT2D eigenvalue weighted by molar-refractivity contribution is 7.17. The van der Waals surface area contributed by atoms with Crippen LogP contribution in [0.3, 0.4) is 0 Å². The predicted octanol–water partition coefficient (Wildman–Crippen LogP) is 2.87. The SMILES string of the molecule is CCOC(=O)c1nn(Cc2ccc(-n3cccn3)cc2)c2ccsc2c1=O. The first-order chi connectivity index (χ1) is 13.2. The molecule has 27 heavy (non-hydrogen) atoms. The smallest absolute Gasteiger partial charge is 0.362 e. The lowest BCUT2D eigenvalue weighted by Crippen LogP contribution is -2.24. The maximum absolute atomic E-state index is 12.5. The minimum atomic E-state index is -0.694. The predicted molar refractivity (Wildman–Crippen MR) is 103 cm³/mol. The van der Waals surface area contributed by atoms with Gasteiger partial charge in [0.15, 0.2) is 0 Å². The molecule has 7 nitrogen and oxygen atoms in total. The lowest BCUT2D eigenvalue weighted by Gasteiger charge is -2.10. The van der Waals surface area contributed by atoms with E-state index in [9.17, 15) is 9.59 Å². The molecule has 1 aromatic carbocycles. The molecule has 0 unspecified atom stereocenters. The van der Waals surface area contributed by atoms with Crippen molar-refractivity contribution in [2.45, 2.75) is 13.5 Å². The minimum Gasteiger partial charge on any atom is -0.461 e. The third-order valence-corrected chi connectivity index (χ3v) is 4.97. The highest BCUT2D eigenvalue weighted by Crippen LogP contribution is 2.18. The monoisotopic (exact) mass is 380 g/mol. The lowest BCUT2D eigenvalue weighted by molar-refractivity contribution is 0.0515. The average Bonchev–Trinajstić information content (AvgIpc) is 3.37. The number of benzene rings is 1. The molecular weight excluding hydrogens is 364 g/mol. The second-order valence-electron chi connectivity index (χ2n) is 5.81. The van der Waals surface area contributed by atoms with Crippen LogP contribution in [0.2, 0.25) is 0 Å². The molecule has 0 atom stereocenters. The first kappa shape index (κ1) is 17.2. The van der Waals surface area contributed by atoms with E-state index in [1.165, 1.54) is 11.3 Å². The van der Waals surface area contributed by atoms with Gasteiger partial charge in [0.05, 0.1) is 24.4 Å². The van der Waals surface area contributed by atoms with Crippen LogP contribution in [0.5, 0.6) is 0 Å². The van der Waals surface area contributed by atoms with Crippen LogP contribution < -0.4 is 5.43 Å². The summed E-state index contributed by atoms with van der Waals surface area (Å²) in [6.45, 7) is 2.32. The Kier molecular flexibility index (Phi) is 4.55. The molecule has 0 spiro atoms. The molecule has 136 valence electrons. The summed E-state index contributed by atoms with van der Waals surface area (Å²) in [5.41, 5.74) is 2.08. The fourth-order valence-corrected chi connectivity index (χ4v) is 3.64. The normalized spacial score (nSPS) is 11.0. The Labute approximate surface area is 158 Å². The Morgan fingerprint density at radius 2 is 2.04 bits per heavy atom. The number of rotatable bonds is 5. The highest BCUT2D eigenvalue weighted by atomic mass is 32.1. The Hall–Kier alpha value is -3.26.